The van der Waals surface area contributed by atoms with Gasteiger partial charge in [-0.05, 0) is 60.6 Å². The maximum absolute atomic E-state index is 13.0. The molecule has 37 heavy (non-hydrogen) atoms. The van der Waals surface area contributed by atoms with Crippen molar-refractivity contribution in [3.63, 3.8) is 0 Å². The van der Waals surface area contributed by atoms with E-state index < -0.39 is 16.4 Å². The van der Waals surface area contributed by atoms with Crippen LogP contribution in [0.15, 0.2) is 54.9 Å². The van der Waals surface area contributed by atoms with Gasteiger partial charge in [-0.3, -0.25) is 9.48 Å². The summed E-state index contributed by atoms with van der Waals surface area (Å²) >= 11 is 0. The third-order valence-corrected chi connectivity index (χ3v) is 7.66. The molecule has 198 valence electrons. The first-order valence-corrected chi connectivity index (χ1v) is 13.5. The van der Waals surface area contributed by atoms with Crippen molar-refractivity contribution in [3.05, 3.63) is 66.0 Å². The summed E-state index contributed by atoms with van der Waals surface area (Å²) in [7, 11) is -3.17. The average molecular weight is 537 g/mol. The number of amides is 1. The summed E-state index contributed by atoms with van der Waals surface area (Å²) in [6.07, 6.45) is 1.23. The zero-order valence-corrected chi connectivity index (χ0v) is 21.1. The third kappa shape index (κ3) is 6.89. The van der Waals surface area contributed by atoms with Gasteiger partial charge in [-0.1, -0.05) is 24.3 Å². The lowest BCUT2D eigenvalue weighted by Crippen LogP contribution is -2.38. The van der Waals surface area contributed by atoms with E-state index in [0.717, 1.165) is 12.8 Å². The Kier molecular flexibility index (Phi) is 7.60. The second kappa shape index (κ2) is 10.5. The number of nitrogens with zero attached hydrogens (tertiary/aromatic N) is 3. The Bertz CT molecular complexity index is 1360. The van der Waals surface area contributed by atoms with E-state index in [4.69, 9.17) is 0 Å². The van der Waals surface area contributed by atoms with Crippen molar-refractivity contribution in [2.24, 2.45) is 5.92 Å². The first-order valence-electron chi connectivity index (χ1n) is 11.6. The highest BCUT2D eigenvalue weighted by molar-refractivity contribution is 7.88. The van der Waals surface area contributed by atoms with Gasteiger partial charge in [0.05, 0.1) is 18.1 Å². The van der Waals surface area contributed by atoms with Crippen LogP contribution in [0.3, 0.4) is 0 Å². The van der Waals surface area contributed by atoms with Gasteiger partial charge in [0.2, 0.25) is 10.0 Å². The molecule has 1 aliphatic rings. The van der Waals surface area contributed by atoms with Gasteiger partial charge >= 0.3 is 6.36 Å². The van der Waals surface area contributed by atoms with E-state index in [2.05, 4.69) is 15.2 Å². The lowest BCUT2D eigenvalue weighted by atomic mass is 9.96. The summed E-state index contributed by atoms with van der Waals surface area (Å²) < 4.78 is 67.8. The fourth-order valence-electron chi connectivity index (χ4n) is 4.44. The monoisotopic (exact) mass is 536 g/mol. The summed E-state index contributed by atoms with van der Waals surface area (Å²) in [4.78, 5) is 13.0. The van der Waals surface area contributed by atoms with Gasteiger partial charge in [0, 0.05) is 31.4 Å². The first-order chi connectivity index (χ1) is 17.4. The number of hydrogen-bond donors (Lipinski definition) is 1. The van der Waals surface area contributed by atoms with E-state index in [1.54, 1.807) is 42.2 Å². The second-order valence-electron chi connectivity index (χ2n) is 9.06. The third-order valence-electron chi connectivity index (χ3n) is 6.36. The van der Waals surface area contributed by atoms with Crippen molar-refractivity contribution in [1.82, 2.24) is 14.1 Å². The standard InChI is InChI=1S/C25H27F3N4O4S/c1-17-22(19-6-8-21(9-7-19)36-25(26,27)28)4-3-5-23(17)24(33)30-20-14-29-31(16-20)15-18-10-12-32(13-11-18)37(2,34)35/h3-9,14,16,18H,10-13,15H2,1-2H3,(H,30,33). The lowest BCUT2D eigenvalue weighted by Gasteiger charge is -2.30. The Morgan fingerprint density at radius 1 is 1.14 bits per heavy atom. The van der Waals surface area contributed by atoms with Crippen LogP contribution >= 0.6 is 0 Å². The normalized spacial score (nSPS) is 15.5. The Balaban J connectivity index is 1.40. The van der Waals surface area contributed by atoms with Crippen LogP contribution in [-0.2, 0) is 16.6 Å². The van der Waals surface area contributed by atoms with E-state index in [1.165, 1.54) is 34.8 Å². The number of carbonyl (C=O) groups excluding carboxylic acids is 1. The number of carbonyl (C=O) groups is 1. The van der Waals surface area contributed by atoms with Crippen molar-refractivity contribution in [3.8, 4) is 16.9 Å². The number of aromatic nitrogens is 2. The molecule has 1 saturated heterocycles. The number of nitrogens with one attached hydrogen (secondary N) is 1. The van der Waals surface area contributed by atoms with Crippen molar-refractivity contribution in [2.45, 2.75) is 32.7 Å². The number of benzene rings is 2. The predicted molar refractivity (Wildman–Crippen MR) is 133 cm³/mol. The van der Waals surface area contributed by atoms with Crippen LogP contribution < -0.4 is 10.1 Å². The topological polar surface area (TPSA) is 93.5 Å². The molecule has 1 N–H and O–H groups in total. The molecule has 2 heterocycles. The van der Waals surface area contributed by atoms with E-state index in [0.29, 0.717) is 47.6 Å². The number of alkyl halides is 3. The predicted octanol–water partition coefficient (Wildman–Crippen LogP) is 4.68. The van der Waals surface area contributed by atoms with Crippen LogP contribution in [0.2, 0.25) is 0 Å². The molecule has 2 aromatic carbocycles. The van der Waals surface area contributed by atoms with Gasteiger partial charge in [-0.25, -0.2) is 12.7 Å². The number of ether oxygens (including phenoxy) is 1. The largest absolute Gasteiger partial charge is 0.573 e. The second-order valence-corrected chi connectivity index (χ2v) is 11.0. The fraction of sp³-hybridized carbons (Fsp3) is 0.360. The molecule has 1 aliphatic heterocycles. The Hall–Kier alpha value is -3.38. The number of rotatable bonds is 7. The highest BCUT2D eigenvalue weighted by Crippen LogP contribution is 2.30. The summed E-state index contributed by atoms with van der Waals surface area (Å²) in [5, 5.41) is 7.17. The molecule has 4 rings (SSSR count). The van der Waals surface area contributed by atoms with Crippen molar-refractivity contribution in [2.75, 3.05) is 24.7 Å². The summed E-state index contributed by atoms with van der Waals surface area (Å²) in [6.45, 7) is 3.37. The van der Waals surface area contributed by atoms with E-state index in [-0.39, 0.29) is 17.6 Å². The molecule has 0 unspecified atom stereocenters. The summed E-state index contributed by atoms with van der Waals surface area (Å²) in [5.41, 5.74) is 2.99. The minimum Gasteiger partial charge on any atom is -0.406 e. The molecular weight excluding hydrogens is 509 g/mol. The number of hydrogen-bond acceptors (Lipinski definition) is 5. The number of anilines is 1. The van der Waals surface area contributed by atoms with Crippen molar-refractivity contribution >= 4 is 21.6 Å². The van der Waals surface area contributed by atoms with Crippen molar-refractivity contribution in [1.29, 1.82) is 0 Å². The van der Waals surface area contributed by atoms with E-state index in [1.807, 2.05) is 0 Å². The summed E-state index contributed by atoms with van der Waals surface area (Å²) in [6, 6.07) is 10.7. The van der Waals surface area contributed by atoms with E-state index >= 15 is 0 Å². The van der Waals surface area contributed by atoms with Gasteiger partial charge in [0.15, 0.2) is 0 Å². The van der Waals surface area contributed by atoms with Crippen LogP contribution in [0.25, 0.3) is 11.1 Å². The Morgan fingerprint density at radius 2 is 1.81 bits per heavy atom. The van der Waals surface area contributed by atoms with Gasteiger partial charge in [-0.2, -0.15) is 5.10 Å². The average Bonchev–Trinajstić information content (AvgIpc) is 3.25. The minimum absolute atomic E-state index is 0.285. The number of sulfonamides is 1. The minimum atomic E-state index is -4.76. The van der Waals surface area contributed by atoms with Crippen LogP contribution in [0.1, 0.15) is 28.8 Å². The van der Waals surface area contributed by atoms with Crippen LogP contribution in [0.5, 0.6) is 5.75 Å². The Labute approximate surface area is 213 Å². The molecule has 0 aliphatic carbocycles. The molecule has 0 radical (unpaired) electrons. The van der Waals surface area contributed by atoms with Crippen LogP contribution in [-0.4, -0.2) is 54.1 Å². The fourth-order valence-corrected chi connectivity index (χ4v) is 5.32. The molecule has 0 spiro atoms. The SMILES string of the molecule is Cc1c(C(=O)Nc2cnn(CC3CCN(S(C)(=O)=O)CC3)c2)cccc1-c1ccc(OC(F)(F)F)cc1. The van der Waals surface area contributed by atoms with Crippen molar-refractivity contribution < 1.29 is 31.1 Å². The molecule has 1 fully saturated rings. The zero-order valence-electron chi connectivity index (χ0n) is 20.3. The highest BCUT2D eigenvalue weighted by atomic mass is 32.2. The molecule has 0 saturated carbocycles. The van der Waals surface area contributed by atoms with Gasteiger partial charge in [-0.15, -0.1) is 13.2 Å². The molecule has 12 heteroatoms. The van der Waals surface area contributed by atoms with Crippen LogP contribution in [0.4, 0.5) is 18.9 Å². The molecule has 0 atom stereocenters. The molecule has 3 aromatic rings. The zero-order chi connectivity index (χ0) is 26.8. The maximum Gasteiger partial charge on any atom is 0.573 e. The van der Waals surface area contributed by atoms with Gasteiger partial charge in [0.1, 0.15) is 5.75 Å². The number of piperidine rings is 1. The number of halogens is 3. The lowest BCUT2D eigenvalue weighted by molar-refractivity contribution is -0.274. The van der Waals surface area contributed by atoms with E-state index in [9.17, 15) is 26.4 Å². The van der Waals surface area contributed by atoms with Gasteiger partial charge < -0.3 is 10.1 Å². The molecule has 1 amide bonds. The van der Waals surface area contributed by atoms with Crippen LogP contribution in [0, 0.1) is 12.8 Å². The maximum atomic E-state index is 13.0. The highest BCUT2D eigenvalue weighted by Gasteiger charge is 2.31. The summed E-state index contributed by atoms with van der Waals surface area (Å²) in [5.74, 6) is -0.369. The molecule has 1 aromatic heterocycles. The first kappa shape index (κ1) is 26.7. The molecule has 8 nitrogen and oxygen atoms in total. The van der Waals surface area contributed by atoms with Gasteiger partial charge in [0.25, 0.3) is 5.91 Å². The smallest absolute Gasteiger partial charge is 0.406 e. The Morgan fingerprint density at radius 3 is 2.43 bits per heavy atom. The quantitative estimate of drug-likeness (QED) is 0.473. The molecular formula is C25H27F3N4O4S. The molecule has 0 bridgehead atoms.